The molecule has 348 valence electrons. The smallest absolute Gasteiger partial charge is 0.462 e. The summed E-state index contributed by atoms with van der Waals surface area (Å²) in [6, 6.07) is 0. The Bertz CT molecular complexity index is 1040. The maximum Gasteiger partial charge on any atom is 0.472 e. The van der Waals surface area contributed by atoms with Gasteiger partial charge in [0.25, 0.3) is 0 Å². The number of hydrogen-bond acceptors (Lipinski definition) is 9. The van der Waals surface area contributed by atoms with E-state index in [-0.39, 0.29) is 19.4 Å². The summed E-state index contributed by atoms with van der Waals surface area (Å²) in [6.45, 7) is 2.39. The van der Waals surface area contributed by atoms with Crippen LogP contribution in [0.3, 0.4) is 0 Å². The first-order valence-corrected chi connectivity index (χ1v) is 25.8. The molecule has 10 nitrogen and oxygen atoms in total. The Morgan fingerprint density at radius 1 is 0.492 bits per heavy atom. The first-order valence-electron chi connectivity index (χ1n) is 24.3. The van der Waals surface area contributed by atoms with Gasteiger partial charge in [0.15, 0.2) is 6.10 Å². The summed E-state index contributed by atoms with van der Waals surface area (Å²) in [6.07, 6.45) is 45.7. The van der Waals surface area contributed by atoms with Crippen molar-refractivity contribution in [1.29, 1.82) is 0 Å². The van der Waals surface area contributed by atoms with Crippen LogP contribution in [0.15, 0.2) is 24.3 Å². The van der Waals surface area contributed by atoms with Crippen LogP contribution in [0, 0.1) is 0 Å². The molecule has 0 aliphatic carbocycles. The predicted molar refractivity (Wildman–Crippen MR) is 242 cm³/mol. The van der Waals surface area contributed by atoms with Crippen LogP contribution < -0.4 is 0 Å². The van der Waals surface area contributed by atoms with Gasteiger partial charge in [-0.3, -0.25) is 18.6 Å². The number of rotatable bonds is 46. The molecule has 0 saturated heterocycles. The minimum Gasteiger partial charge on any atom is -0.462 e. The van der Waals surface area contributed by atoms with Gasteiger partial charge in [0, 0.05) is 12.8 Å². The number of carbonyl (C=O) groups excluding carboxylic acids is 2. The lowest BCUT2D eigenvalue weighted by Gasteiger charge is -2.20. The lowest BCUT2D eigenvalue weighted by Crippen LogP contribution is -2.29. The molecule has 0 aromatic rings. The van der Waals surface area contributed by atoms with E-state index >= 15 is 0 Å². The summed E-state index contributed by atoms with van der Waals surface area (Å²) in [5.41, 5.74) is 0. The van der Waals surface area contributed by atoms with Crippen LogP contribution in [0.1, 0.15) is 232 Å². The molecule has 59 heavy (non-hydrogen) atoms. The third-order valence-corrected chi connectivity index (χ3v) is 11.5. The summed E-state index contributed by atoms with van der Waals surface area (Å²) in [5.74, 6) is -0.935. The summed E-state index contributed by atoms with van der Waals surface area (Å²) in [4.78, 5) is 35.1. The first kappa shape index (κ1) is 57.4. The van der Waals surface area contributed by atoms with Gasteiger partial charge in [0.2, 0.25) is 0 Å². The molecule has 0 fully saturated rings. The van der Waals surface area contributed by atoms with Crippen molar-refractivity contribution >= 4 is 19.8 Å². The number of aliphatic hydroxyl groups excluding tert-OH is 2. The van der Waals surface area contributed by atoms with Gasteiger partial charge in [-0.05, 0) is 64.2 Å². The fourth-order valence-electron chi connectivity index (χ4n) is 6.81. The first-order chi connectivity index (χ1) is 28.7. The van der Waals surface area contributed by atoms with E-state index in [1.54, 1.807) is 0 Å². The molecule has 0 heterocycles. The van der Waals surface area contributed by atoms with Gasteiger partial charge >= 0.3 is 19.8 Å². The molecule has 0 bridgehead atoms. The Morgan fingerprint density at radius 3 is 1.24 bits per heavy atom. The average molecular weight is 859 g/mol. The predicted octanol–water partition coefficient (Wildman–Crippen LogP) is 13.3. The second kappa shape index (κ2) is 44.5. The lowest BCUT2D eigenvalue weighted by atomic mass is 10.0. The minimum absolute atomic E-state index is 0.183. The standard InChI is InChI=1S/C48H91O10P/c1-3-5-7-9-11-13-15-17-19-20-21-22-23-24-26-28-30-32-34-36-38-40-48(52)58-46(44-57-59(53,54)56-42-45(50)41-49)43-55-47(51)39-37-35-33-31-29-27-25-18-16-14-12-10-8-6-4-2/h17,19,27,29,45-46,49-50H,3-16,18,20-26,28,30-44H2,1-2H3,(H,53,54)/b19-17+,29-27+/t45-,46+/m0/s1. The summed E-state index contributed by atoms with van der Waals surface area (Å²) in [7, 11) is -4.62. The van der Waals surface area contributed by atoms with E-state index in [0.717, 1.165) is 44.9 Å². The van der Waals surface area contributed by atoms with Crippen molar-refractivity contribution in [3.05, 3.63) is 24.3 Å². The highest BCUT2D eigenvalue weighted by Crippen LogP contribution is 2.43. The van der Waals surface area contributed by atoms with Crippen LogP contribution in [0.5, 0.6) is 0 Å². The Balaban J connectivity index is 4.20. The van der Waals surface area contributed by atoms with Gasteiger partial charge in [-0.1, -0.05) is 179 Å². The molecule has 3 atom stereocenters. The highest BCUT2D eigenvalue weighted by molar-refractivity contribution is 7.47. The molecular formula is C48H91O10P. The molecule has 0 rings (SSSR count). The fourth-order valence-corrected chi connectivity index (χ4v) is 7.60. The Hall–Kier alpha value is -1.55. The highest BCUT2D eigenvalue weighted by atomic mass is 31.2. The monoisotopic (exact) mass is 859 g/mol. The van der Waals surface area contributed by atoms with Crippen molar-refractivity contribution in [3.63, 3.8) is 0 Å². The number of aliphatic hydroxyl groups is 2. The van der Waals surface area contributed by atoms with Crippen molar-refractivity contribution in [3.8, 4) is 0 Å². The zero-order valence-electron chi connectivity index (χ0n) is 38.0. The van der Waals surface area contributed by atoms with Crippen LogP contribution in [0.25, 0.3) is 0 Å². The van der Waals surface area contributed by atoms with Gasteiger partial charge < -0.3 is 24.6 Å². The number of unbranched alkanes of at least 4 members (excludes halogenated alkanes) is 28. The molecule has 0 aliphatic heterocycles. The van der Waals surface area contributed by atoms with E-state index in [4.69, 9.17) is 23.6 Å². The second-order valence-corrected chi connectivity index (χ2v) is 17.9. The van der Waals surface area contributed by atoms with Gasteiger partial charge in [-0.15, -0.1) is 0 Å². The Labute approximate surface area is 361 Å². The minimum atomic E-state index is -4.62. The molecule has 0 amide bonds. The van der Waals surface area contributed by atoms with Crippen LogP contribution in [0.2, 0.25) is 0 Å². The summed E-state index contributed by atoms with van der Waals surface area (Å²) >= 11 is 0. The molecule has 3 N–H and O–H groups in total. The van der Waals surface area contributed by atoms with Gasteiger partial charge in [-0.25, -0.2) is 4.57 Å². The van der Waals surface area contributed by atoms with Gasteiger partial charge in [0.1, 0.15) is 12.7 Å². The second-order valence-electron chi connectivity index (χ2n) is 16.5. The third-order valence-electron chi connectivity index (χ3n) is 10.6. The van der Waals surface area contributed by atoms with Gasteiger partial charge in [0.05, 0.1) is 19.8 Å². The number of hydrogen-bond donors (Lipinski definition) is 3. The van der Waals surface area contributed by atoms with Crippen LogP contribution in [0.4, 0.5) is 0 Å². The zero-order chi connectivity index (χ0) is 43.3. The van der Waals surface area contributed by atoms with Crippen LogP contribution >= 0.6 is 7.82 Å². The van der Waals surface area contributed by atoms with Crippen molar-refractivity contribution < 1.29 is 47.8 Å². The number of esters is 2. The van der Waals surface area contributed by atoms with Crippen molar-refractivity contribution in [1.82, 2.24) is 0 Å². The molecule has 0 radical (unpaired) electrons. The molecular weight excluding hydrogens is 767 g/mol. The summed E-state index contributed by atoms with van der Waals surface area (Å²) < 4.78 is 32.8. The topological polar surface area (TPSA) is 149 Å². The number of phosphoric acid groups is 1. The fraction of sp³-hybridized carbons (Fsp3) is 0.875. The van der Waals surface area contributed by atoms with E-state index in [0.29, 0.717) is 12.8 Å². The highest BCUT2D eigenvalue weighted by Gasteiger charge is 2.27. The van der Waals surface area contributed by atoms with E-state index in [9.17, 15) is 24.2 Å². The Morgan fingerprint density at radius 2 is 0.831 bits per heavy atom. The number of carbonyl (C=O) groups is 2. The molecule has 0 aliphatic rings. The SMILES string of the molecule is CCCCCCCC/C=C/CCCCCCCCCCCCCC(=O)O[C@H](COC(=O)CCCCC/C=C/CCCCCCCCCC)COP(=O)(O)OC[C@@H](O)CO. The third kappa shape index (κ3) is 44.3. The number of allylic oxidation sites excluding steroid dienone is 4. The number of phosphoric ester groups is 1. The number of ether oxygens (including phenoxy) is 2. The average Bonchev–Trinajstić information content (AvgIpc) is 3.22. The van der Waals surface area contributed by atoms with E-state index < -0.39 is 51.8 Å². The molecule has 0 aromatic heterocycles. The van der Waals surface area contributed by atoms with Crippen molar-refractivity contribution in [2.24, 2.45) is 0 Å². The van der Waals surface area contributed by atoms with Crippen molar-refractivity contribution in [2.75, 3.05) is 26.4 Å². The molecule has 0 aromatic carbocycles. The quantitative estimate of drug-likeness (QED) is 0.0234. The molecule has 0 saturated carbocycles. The summed E-state index contributed by atoms with van der Waals surface area (Å²) in [5, 5.41) is 18.4. The molecule has 1 unspecified atom stereocenters. The van der Waals surface area contributed by atoms with Crippen LogP contribution in [-0.2, 0) is 32.7 Å². The van der Waals surface area contributed by atoms with Crippen LogP contribution in [-0.4, -0.2) is 65.7 Å². The molecule has 11 heteroatoms. The molecule has 0 spiro atoms. The lowest BCUT2D eigenvalue weighted by molar-refractivity contribution is -0.161. The van der Waals surface area contributed by atoms with E-state index in [1.807, 2.05) is 0 Å². The Kier molecular flexibility index (Phi) is 43.3. The van der Waals surface area contributed by atoms with Gasteiger partial charge in [-0.2, -0.15) is 0 Å². The maximum absolute atomic E-state index is 12.7. The normalized spacial score (nSPS) is 13.9. The largest absolute Gasteiger partial charge is 0.472 e. The van der Waals surface area contributed by atoms with E-state index in [1.165, 1.54) is 148 Å². The van der Waals surface area contributed by atoms with Crippen molar-refractivity contribution in [2.45, 2.75) is 244 Å². The zero-order valence-corrected chi connectivity index (χ0v) is 38.9. The maximum atomic E-state index is 12.7. The van der Waals surface area contributed by atoms with E-state index in [2.05, 4.69) is 38.2 Å².